The average molecular weight is 264 g/mol. The summed E-state index contributed by atoms with van der Waals surface area (Å²) in [6.45, 7) is 4.63. The third kappa shape index (κ3) is 2.42. The monoisotopic (exact) mass is 262 g/mol. The minimum absolute atomic E-state index is 0.131. The molecule has 0 radical (unpaired) electrons. The van der Waals surface area contributed by atoms with Crippen LogP contribution in [0.4, 0.5) is 0 Å². The number of nitrogens with zero attached hydrogens (tertiary/aromatic N) is 1. The van der Waals surface area contributed by atoms with Crippen molar-refractivity contribution in [3.05, 3.63) is 27.5 Å². The van der Waals surface area contributed by atoms with Crippen LogP contribution < -0.4 is 5.73 Å². The molecule has 2 N–H and O–H groups in total. The van der Waals surface area contributed by atoms with Gasteiger partial charge in [0, 0.05) is 22.6 Å². The maximum Gasteiger partial charge on any atom is 0.132 e. The summed E-state index contributed by atoms with van der Waals surface area (Å²) < 4.78 is 0.924. The summed E-state index contributed by atoms with van der Waals surface area (Å²) in [5.41, 5.74) is 6.50. The first-order valence-electron chi connectivity index (χ1n) is 3.99. The number of rotatable bonds is 2. The van der Waals surface area contributed by atoms with Crippen molar-refractivity contribution in [2.45, 2.75) is 19.3 Å². The summed E-state index contributed by atoms with van der Waals surface area (Å²) in [7, 11) is 0. The van der Waals surface area contributed by atoms with Crippen molar-refractivity contribution in [2.24, 2.45) is 5.73 Å². The molecule has 0 saturated heterocycles. The summed E-state index contributed by atoms with van der Waals surface area (Å²) in [5.74, 6) is 0. The normalized spacial score (nSPS) is 11.8. The molecule has 2 nitrogen and oxygen atoms in total. The van der Waals surface area contributed by atoms with Crippen molar-refractivity contribution >= 4 is 27.5 Å². The molecule has 13 heavy (non-hydrogen) atoms. The van der Waals surface area contributed by atoms with Crippen LogP contribution in [0, 0.1) is 0 Å². The lowest BCUT2D eigenvalue weighted by Gasteiger charge is -2.23. The molecule has 0 spiro atoms. The van der Waals surface area contributed by atoms with E-state index in [-0.39, 0.29) is 5.41 Å². The second kappa shape index (κ2) is 3.95. The van der Waals surface area contributed by atoms with E-state index < -0.39 is 0 Å². The van der Waals surface area contributed by atoms with Crippen LogP contribution in [0.3, 0.4) is 0 Å². The number of aromatic nitrogens is 1. The van der Waals surface area contributed by atoms with E-state index in [1.165, 1.54) is 0 Å². The van der Waals surface area contributed by atoms with E-state index in [9.17, 15) is 0 Å². The Balaban J connectivity index is 3.20. The first-order chi connectivity index (χ1) is 5.97. The van der Waals surface area contributed by atoms with Gasteiger partial charge in [-0.25, -0.2) is 4.98 Å². The highest BCUT2D eigenvalue weighted by atomic mass is 79.9. The molecule has 0 bridgehead atoms. The molecule has 1 aromatic heterocycles. The molecule has 0 aliphatic rings. The Morgan fingerprint density at radius 3 is 2.77 bits per heavy atom. The zero-order valence-corrected chi connectivity index (χ0v) is 9.98. The SMILES string of the molecule is CC(C)(CN)c1cc(Br)cnc1Cl. The topological polar surface area (TPSA) is 38.9 Å². The number of halogens is 2. The first-order valence-corrected chi connectivity index (χ1v) is 5.16. The Bertz CT molecular complexity index is 312. The molecular formula is C9H12BrClN2. The summed E-state index contributed by atoms with van der Waals surface area (Å²) in [4.78, 5) is 4.06. The van der Waals surface area contributed by atoms with Gasteiger partial charge in [-0.2, -0.15) is 0 Å². The van der Waals surface area contributed by atoms with Crippen molar-refractivity contribution in [3.8, 4) is 0 Å². The quantitative estimate of drug-likeness (QED) is 0.833. The highest BCUT2D eigenvalue weighted by molar-refractivity contribution is 9.10. The molecule has 0 aliphatic carbocycles. The van der Waals surface area contributed by atoms with Gasteiger partial charge in [0.15, 0.2) is 0 Å². The van der Waals surface area contributed by atoms with Crippen LogP contribution in [0.5, 0.6) is 0 Å². The van der Waals surface area contributed by atoms with Crippen molar-refractivity contribution in [1.82, 2.24) is 4.98 Å². The molecule has 0 fully saturated rings. The predicted octanol–water partition coefficient (Wildman–Crippen LogP) is 2.73. The van der Waals surface area contributed by atoms with E-state index >= 15 is 0 Å². The molecule has 1 heterocycles. The van der Waals surface area contributed by atoms with E-state index in [4.69, 9.17) is 17.3 Å². The summed E-state index contributed by atoms with van der Waals surface area (Å²) >= 11 is 9.33. The fourth-order valence-corrected chi connectivity index (χ4v) is 1.70. The van der Waals surface area contributed by atoms with Gasteiger partial charge in [-0.05, 0) is 27.6 Å². The minimum atomic E-state index is -0.131. The van der Waals surface area contributed by atoms with Crippen LogP contribution in [0.15, 0.2) is 16.7 Å². The number of pyridine rings is 1. The van der Waals surface area contributed by atoms with E-state index in [0.717, 1.165) is 10.0 Å². The van der Waals surface area contributed by atoms with Crippen LogP contribution in [0.25, 0.3) is 0 Å². The Morgan fingerprint density at radius 2 is 2.23 bits per heavy atom. The maximum atomic E-state index is 5.97. The van der Waals surface area contributed by atoms with Gasteiger partial charge in [-0.15, -0.1) is 0 Å². The third-order valence-electron chi connectivity index (χ3n) is 2.05. The summed E-state index contributed by atoms with van der Waals surface area (Å²) in [6, 6.07) is 1.96. The standard InChI is InChI=1S/C9H12BrClN2/c1-9(2,5-12)7-3-6(10)4-13-8(7)11/h3-4H,5,12H2,1-2H3. The highest BCUT2D eigenvalue weighted by Gasteiger charge is 2.22. The molecule has 0 aromatic carbocycles. The van der Waals surface area contributed by atoms with Crippen LogP contribution in [0.2, 0.25) is 5.15 Å². The molecule has 0 amide bonds. The van der Waals surface area contributed by atoms with Crippen LogP contribution in [0.1, 0.15) is 19.4 Å². The second-order valence-electron chi connectivity index (χ2n) is 3.58. The molecule has 4 heteroatoms. The molecule has 1 rings (SSSR count). The molecule has 0 saturated carbocycles. The lowest BCUT2D eigenvalue weighted by atomic mass is 9.86. The van der Waals surface area contributed by atoms with Gasteiger partial charge in [-0.1, -0.05) is 25.4 Å². The molecule has 1 aromatic rings. The lowest BCUT2D eigenvalue weighted by molar-refractivity contribution is 0.537. The van der Waals surface area contributed by atoms with Crippen molar-refractivity contribution in [1.29, 1.82) is 0 Å². The number of hydrogen-bond donors (Lipinski definition) is 1. The Labute approximate surface area is 91.6 Å². The summed E-state index contributed by atoms with van der Waals surface area (Å²) in [6.07, 6.45) is 1.68. The van der Waals surface area contributed by atoms with Gasteiger partial charge in [-0.3, -0.25) is 0 Å². The van der Waals surface area contributed by atoms with Crippen LogP contribution in [-0.2, 0) is 5.41 Å². The zero-order valence-electron chi connectivity index (χ0n) is 7.64. The molecule has 0 unspecified atom stereocenters. The molecule has 0 atom stereocenters. The molecule has 0 aliphatic heterocycles. The lowest BCUT2D eigenvalue weighted by Crippen LogP contribution is -2.28. The minimum Gasteiger partial charge on any atom is -0.330 e. The average Bonchev–Trinajstić information content (AvgIpc) is 2.09. The Kier molecular flexibility index (Phi) is 3.33. The van der Waals surface area contributed by atoms with Gasteiger partial charge >= 0.3 is 0 Å². The number of hydrogen-bond acceptors (Lipinski definition) is 2. The Morgan fingerprint density at radius 1 is 1.62 bits per heavy atom. The fourth-order valence-electron chi connectivity index (χ4n) is 1.01. The zero-order chi connectivity index (χ0) is 10.1. The largest absolute Gasteiger partial charge is 0.330 e. The highest BCUT2D eigenvalue weighted by Crippen LogP contribution is 2.29. The first kappa shape index (κ1) is 11.0. The Hall–Kier alpha value is -0.120. The van der Waals surface area contributed by atoms with E-state index in [2.05, 4.69) is 20.9 Å². The fraction of sp³-hybridized carbons (Fsp3) is 0.444. The molecule has 72 valence electrons. The van der Waals surface area contributed by atoms with Gasteiger partial charge in [0.1, 0.15) is 5.15 Å². The smallest absolute Gasteiger partial charge is 0.132 e. The van der Waals surface area contributed by atoms with Crippen LogP contribution >= 0.6 is 27.5 Å². The van der Waals surface area contributed by atoms with Gasteiger partial charge < -0.3 is 5.73 Å². The maximum absolute atomic E-state index is 5.97. The summed E-state index contributed by atoms with van der Waals surface area (Å²) in [5, 5.41) is 0.527. The van der Waals surface area contributed by atoms with E-state index in [1.807, 2.05) is 19.9 Å². The van der Waals surface area contributed by atoms with Gasteiger partial charge in [0.25, 0.3) is 0 Å². The molecular weight excluding hydrogens is 251 g/mol. The van der Waals surface area contributed by atoms with Crippen molar-refractivity contribution in [3.63, 3.8) is 0 Å². The van der Waals surface area contributed by atoms with Crippen LogP contribution in [-0.4, -0.2) is 11.5 Å². The predicted molar refractivity (Wildman–Crippen MR) is 59.0 cm³/mol. The third-order valence-corrected chi connectivity index (χ3v) is 2.78. The number of nitrogens with two attached hydrogens (primary N) is 1. The van der Waals surface area contributed by atoms with Gasteiger partial charge in [0.05, 0.1) is 0 Å². The van der Waals surface area contributed by atoms with Gasteiger partial charge in [0.2, 0.25) is 0 Å². The van der Waals surface area contributed by atoms with E-state index in [1.54, 1.807) is 6.20 Å². The van der Waals surface area contributed by atoms with Crippen molar-refractivity contribution in [2.75, 3.05) is 6.54 Å². The second-order valence-corrected chi connectivity index (χ2v) is 4.85. The van der Waals surface area contributed by atoms with Crippen molar-refractivity contribution < 1.29 is 0 Å². The van der Waals surface area contributed by atoms with E-state index in [0.29, 0.717) is 11.7 Å².